The van der Waals surface area contributed by atoms with Gasteiger partial charge in [0.1, 0.15) is 11.3 Å². The van der Waals surface area contributed by atoms with Gasteiger partial charge in [-0.05, 0) is 31.2 Å². The fraction of sp³-hybridized carbons (Fsp3) is 0.200. The highest BCUT2D eigenvalue weighted by Crippen LogP contribution is 2.15. The molecule has 0 saturated carbocycles. The Kier molecular flexibility index (Phi) is 3.14. The van der Waals surface area contributed by atoms with E-state index in [1.807, 2.05) is 36.5 Å². The SMILES string of the molecule is CCn1c(CNc2ccccc2)nc2cccnc21. The molecule has 0 atom stereocenters. The van der Waals surface area contributed by atoms with E-state index in [4.69, 9.17) is 0 Å². The summed E-state index contributed by atoms with van der Waals surface area (Å²) in [5, 5.41) is 3.39. The van der Waals surface area contributed by atoms with E-state index in [2.05, 4.69) is 38.9 Å². The predicted molar refractivity (Wildman–Crippen MR) is 77.0 cm³/mol. The first-order valence-corrected chi connectivity index (χ1v) is 6.47. The van der Waals surface area contributed by atoms with Crippen molar-refractivity contribution in [2.24, 2.45) is 0 Å². The number of hydrogen-bond donors (Lipinski definition) is 1. The van der Waals surface area contributed by atoms with E-state index in [0.717, 1.165) is 29.2 Å². The Hall–Kier alpha value is -2.36. The maximum Gasteiger partial charge on any atom is 0.160 e. The van der Waals surface area contributed by atoms with E-state index < -0.39 is 0 Å². The molecule has 0 unspecified atom stereocenters. The largest absolute Gasteiger partial charge is 0.378 e. The van der Waals surface area contributed by atoms with Gasteiger partial charge in [-0.2, -0.15) is 0 Å². The summed E-state index contributed by atoms with van der Waals surface area (Å²) in [6, 6.07) is 14.1. The van der Waals surface area contributed by atoms with E-state index >= 15 is 0 Å². The first kappa shape index (κ1) is 11.7. The number of pyridine rings is 1. The van der Waals surface area contributed by atoms with Crippen molar-refractivity contribution in [3.8, 4) is 0 Å². The smallest absolute Gasteiger partial charge is 0.160 e. The summed E-state index contributed by atoms with van der Waals surface area (Å²) in [6.07, 6.45) is 1.81. The number of fused-ring (bicyclic) bond motifs is 1. The number of anilines is 1. The Morgan fingerprint density at radius 1 is 1.11 bits per heavy atom. The van der Waals surface area contributed by atoms with E-state index in [1.165, 1.54) is 0 Å². The van der Waals surface area contributed by atoms with Crippen molar-refractivity contribution >= 4 is 16.9 Å². The second kappa shape index (κ2) is 5.10. The van der Waals surface area contributed by atoms with Crippen LogP contribution in [0.25, 0.3) is 11.2 Å². The standard InChI is InChI=1S/C15H16N4/c1-2-19-14(11-17-12-7-4-3-5-8-12)18-13-9-6-10-16-15(13)19/h3-10,17H,2,11H2,1H3. The molecule has 0 saturated heterocycles. The molecule has 1 aromatic carbocycles. The Balaban J connectivity index is 1.88. The van der Waals surface area contributed by atoms with Crippen LogP contribution in [0.2, 0.25) is 0 Å². The lowest BCUT2D eigenvalue weighted by molar-refractivity contribution is 0.722. The summed E-state index contributed by atoms with van der Waals surface area (Å²) >= 11 is 0. The van der Waals surface area contributed by atoms with Crippen molar-refractivity contribution in [3.63, 3.8) is 0 Å². The highest BCUT2D eigenvalue weighted by Gasteiger charge is 2.09. The van der Waals surface area contributed by atoms with Crippen molar-refractivity contribution in [2.75, 3.05) is 5.32 Å². The number of aryl methyl sites for hydroxylation is 1. The summed E-state index contributed by atoms with van der Waals surface area (Å²) in [5.41, 5.74) is 3.01. The number of rotatable bonds is 4. The zero-order chi connectivity index (χ0) is 13.1. The van der Waals surface area contributed by atoms with Gasteiger partial charge in [0.25, 0.3) is 0 Å². The van der Waals surface area contributed by atoms with Crippen LogP contribution in [0.4, 0.5) is 5.69 Å². The lowest BCUT2D eigenvalue weighted by Gasteiger charge is -2.07. The molecule has 4 nitrogen and oxygen atoms in total. The monoisotopic (exact) mass is 252 g/mol. The number of benzene rings is 1. The minimum Gasteiger partial charge on any atom is -0.378 e. The van der Waals surface area contributed by atoms with Crippen LogP contribution < -0.4 is 5.32 Å². The third kappa shape index (κ3) is 2.29. The first-order chi connectivity index (χ1) is 9.38. The van der Waals surface area contributed by atoms with Crippen LogP contribution in [0.5, 0.6) is 0 Å². The topological polar surface area (TPSA) is 42.7 Å². The van der Waals surface area contributed by atoms with Gasteiger partial charge in [-0.25, -0.2) is 9.97 Å². The van der Waals surface area contributed by atoms with E-state index in [1.54, 1.807) is 0 Å². The molecular formula is C15H16N4. The maximum atomic E-state index is 4.64. The molecule has 0 spiro atoms. The average Bonchev–Trinajstić information content (AvgIpc) is 2.83. The predicted octanol–water partition coefficient (Wildman–Crippen LogP) is 3.06. The molecular weight excluding hydrogens is 236 g/mol. The van der Waals surface area contributed by atoms with Crippen LogP contribution in [0.15, 0.2) is 48.7 Å². The summed E-state index contributed by atoms with van der Waals surface area (Å²) in [6.45, 7) is 3.69. The molecule has 0 aliphatic rings. The van der Waals surface area contributed by atoms with Crippen LogP contribution in [0.1, 0.15) is 12.7 Å². The van der Waals surface area contributed by atoms with Gasteiger partial charge in [-0.3, -0.25) is 0 Å². The van der Waals surface area contributed by atoms with E-state index in [0.29, 0.717) is 6.54 Å². The number of hydrogen-bond acceptors (Lipinski definition) is 3. The summed E-state index contributed by atoms with van der Waals surface area (Å²) < 4.78 is 2.14. The third-order valence-corrected chi connectivity index (χ3v) is 3.12. The Labute approximate surface area is 112 Å². The van der Waals surface area contributed by atoms with Crippen molar-refractivity contribution in [2.45, 2.75) is 20.0 Å². The fourth-order valence-corrected chi connectivity index (χ4v) is 2.21. The molecule has 0 fully saturated rings. The zero-order valence-electron chi connectivity index (χ0n) is 10.9. The molecule has 0 radical (unpaired) electrons. The normalized spacial score (nSPS) is 10.8. The van der Waals surface area contributed by atoms with Crippen LogP contribution in [0, 0.1) is 0 Å². The summed E-state index contributed by atoms with van der Waals surface area (Å²) in [4.78, 5) is 9.04. The molecule has 2 aromatic heterocycles. The van der Waals surface area contributed by atoms with Crippen molar-refractivity contribution < 1.29 is 0 Å². The van der Waals surface area contributed by atoms with Crippen LogP contribution >= 0.6 is 0 Å². The highest BCUT2D eigenvalue weighted by atomic mass is 15.1. The van der Waals surface area contributed by atoms with Crippen LogP contribution in [-0.4, -0.2) is 14.5 Å². The molecule has 96 valence electrons. The fourth-order valence-electron chi connectivity index (χ4n) is 2.21. The lowest BCUT2D eigenvalue weighted by atomic mass is 10.3. The lowest BCUT2D eigenvalue weighted by Crippen LogP contribution is -2.08. The molecule has 0 bridgehead atoms. The van der Waals surface area contributed by atoms with Gasteiger partial charge in [-0.1, -0.05) is 18.2 Å². The minimum atomic E-state index is 0.703. The highest BCUT2D eigenvalue weighted by molar-refractivity contribution is 5.71. The molecule has 4 heteroatoms. The number of nitrogens with one attached hydrogen (secondary N) is 1. The van der Waals surface area contributed by atoms with Gasteiger partial charge in [0, 0.05) is 18.4 Å². The van der Waals surface area contributed by atoms with Gasteiger partial charge >= 0.3 is 0 Å². The van der Waals surface area contributed by atoms with Gasteiger partial charge in [-0.15, -0.1) is 0 Å². The molecule has 3 aromatic rings. The molecule has 0 aliphatic heterocycles. The molecule has 0 amide bonds. The molecule has 0 aliphatic carbocycles. The van der Waals surface area contributed by atoms with Gasteiger partial charge < -0.3 is 9.88 Å². The van der Waals surface area contributed by atoms with Crippen molar-refractivity contribution in [3.05, 3.63) is 54.5 Å². The molecule has 2 heterocycles. The maximum absolute atomic E-state index is 4.64. The molecule has 3 rings (SSSR count). The Bertz CT molecular complexity index is 673. The minimum absolute atomic E-state index is 0.703. The second-order valence-corrected chi connectivity index (χ2v) is 4.34. The van der Waals surface area contributed by atoms with E-state index in [-0.39, 0.29) is 0 Å². The third-order valence-electron chi connectivity index (χ3n) is 3.12. The molecule has 1 N–H and O–H groups in total. The summed E-state index contributed by atoms with van der Waals surface area (Å²) in [7, 11) is 0. The quantitative estimate of drug-likeness (QED) is 0.776. The zero-order valence-corrected chi connectivity index (χ0v) is 10.9. The van der Waals surface area contributed by atoms with Crippen molar-refractivity contribution in [1.82, 2.24) is 14.5 Å². The average molecular weight is 252 g/mol. The van der Waals surface area contributed by atoms with Crippen LogP contribution in [0.3, 0.4) is 0 Å². The van der Waals surface area contributed by atoms with Gasteiger partial charge in [0.15, 0.2) is 5.65 Å². The number of aromatic nitrogens is 3. The second-order valence-electron chi connectivity index (χ2n) is 4.34. The van der Waals surface area contributed by atoms with E-state index in [9.17, 15) is 0 Å². The number of para-hydroxylation sites is 1. The first-order valence-electron chi connectivity index (χ1n) is 6.47. The number of nitrogens with zero attached hydrogens (tertiary/aromatic N) is 3. The Morgan fingerprint density at radius 3 is 2.74 bits per heavy atom. The number of imidazole rings is 1. The summed E-state index contributed by atoms with van der Waals surface area (Å²) in [5.74, 6) is 1.01. The van der Waals surface area contributed by atoms with Crippen LogP contribution in [-0.2, 0) is 13.1 Å². The molecule has 19 heavy (non-hydrogen) atoms. The Morgan fingerprint density at radius 2 is 1.95 bits per heavy atom. The van der Waals surface area contributed by atoms with Gasteiger partial charge in [0.2, 0.25) is 0 Å². The van der Waals surface area contributed by atoms with Gasteiger partial charge in [0.05, 0.1) is 6.54 Å². The van der Waals surface area contributed by atoms with Crippen molar-refractivity contribution in [1.29, 1.82) is 0 Å².